The summed E-state index contributed by atoms with van der Waals surface area (Å²) in [6.07, 6.45) is 5.26. The second kappa shape index (κ2) is 7.75. The zero-order valence-electron chi connectivity index (χ0n) is 14.8. The van der Waals surface area contributed by atoms with Crippen molar-refractivity contribution >= 4 is 22.7 Å². The van der Waals surface area contributed by atoms with Crippen molar-refractivity contribution in [2.24, 2.45) is 0 Å². The molecule has 1 amide bonds. The first kappa shape index (κ1) is 17.5. The van der Waals surface area contributed by atoms with Crippen LogP contribution in [0.3, 0.4) is 0 Å². The van der Waals surface area contributed by atoms with Gasteiger partial charge in [-0.3, -0.25) is 9.59 Å². The van der Waals surface area contributed by atoms with Gasteiger partial charge in [-0.1, -0.05) is 12.1 Å². The highest BCUT2D eigenvalue weighted by molar-refractivity contribution is 5.93. The highest BCUT2D eigenvalue weighted by atomic mass is 16.3. The van der Waals surface area contributed by atoms with E-state index in [0.29, 0.717) is 29.9 Å². The molecule has 0 atom stereocenters. The van der Waals surface area contributed by atoms with Gasteiger partial charge in [-0.15, -0.1) is 0 Å². The Morgan fingerprint density at radius 1 is 1.04 bits per heavy atom. The van der Waals surface area contributed by atoms with E-state index in [1.807, 2.05) is 35.2 Å². The van der Waals surface area contributed by atoms with E-state index in [-0.39, 0.29) is 11.2 Å². The van der Waals surface area contributed by atoms with E-state index in [9.17, 15) is 9.59 Å². The van der Waals surface area contributed by atoms with Crippen LogP contribution >= 0.6 is 0 Å². The molecule has 3 aromatic heterocycles. The van der Waals surface area contributed by atoms with Crippen LogP contribution in [-0.4, -0.2) is 33.5 Å². The van der Waals surface area contributed by atoms with Crippen LogP contribution in [-0.2, 0) is 0 Å². The summed E-state index contributed by atoms with van der Waals surface area (Å²) in [6.45, 7) is 0.782. The lowest BCUT2D eigenvalue weighted by Crippen LogP contribution is -2.29. The number of nitrogens with one attached hydrogen (secondary N) is 2. The number of nitrogens with zero attached hydrogens (tertiary/aromatic N) is 3. The van der Waals surface area contributed by atoms with Crippen LogP contribution < -0.4 is 16.1 Å². The summed E-state index contributed by atoms with van der Waals surface area (Å²) < 4.78 is 7.39. The average molecular weight is 375 g/mol. The molecule has 0 fully saturated rings. The summed E-state index contributed by atoms with van der Waals surface area (Å²) in [7, 11) is 0. The van der Waals surface area contributed by atoms with Crippen LogP contribution in [0.25, 0.3) is 16.8 Å². The zero-order valence-corrected chi connectivity index (χ0v) is 14.8. The number of hydrogen-bond donors (Lipinski definition) is 2. The van der Waals surface area contributed by atoms with Crippen molar-refractivity contribution in [3.8, 4) is 5.82 Å². The average Bonchev–Trinajstić information content (AvgIpc) is 3.26. The van der Waals surface area contributed by atoms with Crippen molar-refractivity contribution in [1.82, 2.24) is 19.9 Å². The third-order valence-electron chi connectivity index (χ3n) is 4.10. The lowest BCUT2D eigenvalue weighted by molar-refractivity contribution is 0.0928. The highest BCUT2D eigenvalue weighted by Crippen LogP contribution is 2.11. The number of hydrogen-bond acceptors (Lipinski definition) is 6. The number of fused-ring (bicyclic) bond motifs is 1. The first-order valence-corrected chi connectivity index (χ1v) is 8.71. The summed E-state index contributed by atoms with van der Waals surface area (Å²) in [5.41, 5.74) is 0.139. The second-order valence-corrected chi connectivity index (χ2v) is 6.01. The topological polar surface area (TPSA) is 102 Å². The predicted octanol–water partition coefficient (Wildman–Crippen LogP) is 2.22. The summed E-state index contributed by atoms with van der Waals surface area (Å²) >= 11 is 0. The fourth-order valence-electron chi connectivity index (χ4n) is 2.74. The molecular formula is C20H17N5O3. The van der Waals surface area contributed by atoms with Crippen LogP contribution in [0, 0.1) is 0 Å². The molecule has 2 N–H and O–H groups in total. The highest BCUT2D eigenvalue weighted by Gasteiger charge is 2.11. The lowest BCUT2D eigenvalue weighted by atomic mass is 10.2. The maximum atomic E-state index is 12.3. The van der Waals surface area contributed by atoms with Gasteiger partial charge < -0.3 is 19.6 Å². The predicted molar refractivity (Wildman–Crippen MR) is 105 cm³/mol. The van der Waals surface area contributed by atoms with Crippen LogP contribution in [0.2, 0.25) is 0 Å². The molecule has 140 valence electrons. The molecule has 0 aliphatic rings. The van der Waals surface area contributed by atoms with Gasteiger partial charge in [0.2, 0.25) is 0 Å². The van der Waals surface area contributed by atoms with Gasteiger partial charge in [0.15, 0.2) is 11.2 Å². The van der Waals surface area contributed by atoms with E-state index in [4.69, 9.17) is 4.42 Å². The quantitative estimate of drug-likeness (QED) is 0.501. The number of rotatable bonds is 6. The lowest BCUT2D eigenvalue weighted by Gasteiger charge is -2.08. The van der Waals surface area contributed by atoms with Crippen LogP contribution in [0.15, 0.2) is 76.5 Å². The molecule has 1 aromatic carbocycles. The van der Waals surface area contributed by atoms with Gasteiger partial charge in [0.05, 0.1) is 5.39 Å². The Kier molecular flexibility index (Phi) is 4.83. The molecule has 4 rings (SSSR count). The molecule has 0 bridgehead atoms. The Balaban J connectivity index is 1.35. The monoisotopic (exact) mass is 375 g/mol. The molecule has 0 saturated heterocycles. The fourth-order valence-corrected chi connectivity index (χ4v) is 2.74. The fraction of sp³-hybridized carbons (Fsp3) is 0.100. The van der Waals surface area contributed by atoms with Crippen LogP contribution in [0.1, 0.15) is 10.6 Å². The molecule has 0 saturated carbocycles. The molecule has 0 radical (unpaired) electrons. The van der Waals surface area contributed by atoms with Gasteiger partial charge in [0.25, 0.3) is 5.91 Å². The Morgan fingerprint density at radius 3 is 2.71 bits per heavy atom. The maximum absolute atomic E-state index is 12.3. The zero-order chi connectivity index (χ0) is 19.3. The summed E-state index contributed by atoms with van der Waals surface area (Å²) in [6, 6.07) is 13.7. The number of amides is 1. The Bertz CT molecular complexity index is 1170. The SMILES string of the molecule is O=C(NCCNc1cc(-n2cccc2)ncn1)c1cc(=O)c2ccccc2o1. The van der Waals surface area contributed by atoms with Gasteiger partial charge in [0, 0.05) is 37.6 Å². The summed E-state index contributed by atoms with van der Waals surface area (Å²) in [5.74, 6) is 0.927. The molecule has 0 unspecified atom stereocenters. The number of carbonyl (C=O) groups excluding carboxylic acids is 1. The number of benzene rings is 1. The van der Waals surface area contributed by atoms with Crippen molar-refractivity contribution in [1.29, 1.82) is 0 Å². The molecule has 8 nitrogen and oxygen atoms in total. The maximum Gasteiger partial charge on any atom is 0.287 e. The van der Waals surface area contributed by atoms with Gasteiger partial charge in [-0.2, -0.15) is 0 Å². The summed E-state index contributed by atoms with van der Waals surface area (Å²) in [5, 5.41) is 6.29. The van der Waals surface area contributed by atoms with Crippen molar-refractivity contribution < 1.29 is 9.21 Å². The molecule has 0 aliphatic heterocycles. The number of carbonyl (C=O) groups is 1. The van der Waals surface area contributed by atoms with E-state index in [1.54, 1.807) is 24.3 Å². The van der Waals surface area contributed by atoms with E-state index < -0.39 is 5.91 Å². The second-order valence-electron chi connectivity index (χ2n) is 6.01. The Labute approximate surface area is 159 Å². The normalized spacial score (nSPS) is 10.7. The number of para-hydroxylation sites is 1. The van der Waals surface area contributed by atoms with Gasteiger partial charge >= 0.3 is 0 Å². The largest absolute Gasteiger partial charge is 0.451 e. The Morgan fingerprint density at radius 2 is 1.86 bits per heavy atom. The summed E-state index contributed by atoms with van der Waals surface area (Å²) in [4.78, 5) is 32.7. The number of anilines is 1. The smallest absolute Gasteiger partial charge is 0.287 e. The van der Waals surface area contributed by atoms with Crippen molar-refractivity contribution in [2.75, 3.05) is 18.4 Å². The van der Waals surface area contributed by atoms with Crippen LogP contribution in [0.4, 0.5) is 5.82 Å². The van der Waals surface area contributed by atoms with Crippen molar-refractivity contribution in [3.63, 3.8) is 0 Å². The van der Waals surface area contributed by atoms with E-state index >= 15 is 0 Å². The van der Waals surface area contributed by atoms with Gasteiger partial charge in [-0.25, -0.2) is 9.97 Å². The first-order chi connectivity index (χ1) is 13.7. The third kappa shape index (κ3) is 3.75. The molecule has 0 spiro atoms. The molecule has 4 aromatic rings. The minimum Gasteiger partial charge on any atom is -0.451 e. The molecule has 3 heterocycles. The van der Waals surface area contributed by atoms with E-state index in [2.05, 4.69) is 20.6 Å². The van der Waals surface area contributed by atoms with Gasteiger partial charge in [0.1, 0.15) is 23.5 Å². The third-order valence-corrected chi connectivity index (χ3v) is 4.10. The Hall–Kier alpha value is -3.94. The van der Waals surface area contributed by atoms with Crippen molar-refractivity contribution in [3.05, 3.63) is 83.2 Å². The minimum absolute atomic E-state index is 0.0133. The first-order valence-electron chi connectivity index (χ1n) is 8.71. The van der Waals surface area contributed by atoms with Crippen LogP contribution in [0.5, 0.6) is 0 Å². The molecule has 0 aliphatic carbocycles. The van der Waals surface area contributed by atoms with E-state index in [1.165, 1.54) is 12.4 Å². The van der Waals surface area contributed by atoms with E-state index in [0.717, 1.165) is 5.82 Å². The molecule has 8 heteroatoms. The minimum atomic E-state index is -0.444. The molecular weight excluding hydrogens is 358 g/mol. The van der Waals surface area contributed by atoms with Crippen molar-refractivity contribution in [2.45, 2.75) is 0 Å². The standard InChI is InChI=1S/C20H17N5O3/c26-15-11-17(28-16-6-2-1-5-14(15)16)20(27)22-8-7-21-18-12-19(24-13-23-18)25-9-3-4-10-25/h1-6,9-13H,7-8H2,(H,22,27)(H,21,23,24). The van der Waals surface area contributed by atoms with Gasteiger partial charge in [-0.05, 0) is 24.3 Å². The molecule has 28 heavy (non-hydrogen) atoms. The number of aromatic nitrogens is 3.